The predicted octanol–water partition coefficient (Wildman–Crippen LogP) is 4.13. The first kappa shape index (κ1) is 26.2. The standard InChI is InChI=1S/C28H32ClN5O4/c1-17-12-21(38-16-18(2)34-8-10-37-11-9-34)14-23-26(17)33-27(32-23)25-22(6-7-30-28(25)36)31-15-24(35)19-4-3-5-20(29)13-19/h3-7,12-14,18,24,35H,8-11,15-16H2,1-2H3,(H,32,33)(H2,30,31,36)/t18?,24-/m1/s1. The molecular formula is C28H32ClN5O4. The van der Waals surface area contributed by atoms with Crippen molar-refractivity contribution in [3.8, 4) is 17.1 Å². The number of imidazole rings is 1. The van der Waals surface area contributed by atoms with Crippen molar-refractivity contribution in [1.82, 2.24) is 19.9 Å². The Labute approximate surface area is 225 Å². The number of anilines is 1. The van der Waals surface area contributed by atoms with Crippen LogP contribution in [0.15, 0.2) is 53.5 Å². The molecule has 0 saturated carbocycles. The van der Waals surface area contributed by atoms with Crippen molar-refractivity contribution in [2.75, 3.05) is 44.8 Å². The molecular weight excluding hydrogens is 506 g/mol. The predicted molar refractivity (Wildman–Crippen MR) is 149 cm³/mol. The molecule has 9 nitrogen and oxygen atoms in total. The number of H-pyrrole nitrogens is 2. The molecule has 0 radical (unpaired) electrons. The largest absolute Gasteiger partial charge is 0.492 e. The summed E-state index contributed by atoms with van der Waals surface area (Å²) >= 11 is 6.06. The number of pyridine rings is 1. The summed E-state index contributed by atoms with van der Waals surface area (Å²) in [6.45, 7) is 8.20. The zero-order valence-corrected chi connectivity index (χ0v) is 22.2. The molecule has 1 aliphatic heterocycles. The van der Waals surface area contributed by atoms with E-state index in [9.17, 15) is 9.90 Å². The van der Waals surface area contributed by atoms with Crippen molar-refractivity contribution in [3.05, 3.63) is 75.2 Å². The van der Waals surface area contributed by atoms with Gasteiger partial charge in [-0.1, -0.05) is 23.7 Å². The highest BCUT2D eigenvalue weighted by atomic mass is 35.5. The minimum Gasteiger partial charge on any atom is -0.492 e. The number of hydrogen-bond acceptors (Lipinski definition) is 7. The van der Waals surface area contributed by atoms with Crippen LogP contribution in [0.4, 0.5) is 5.69 Å². The van der Waals surface area contributed by atoms with E-state index in [2.05, 4.69) is 27.1 Å². The third kappa shape index (κ3) is 5.86. The monoisotopic (exact) mass is 537 g/mol. The van der Waals surface area contributed by atoms with E-state index in [1.165, 1.54) is 0 Å². The molecule has 2 aromatic carbocycles. The minimum atomic E-state index is -0.807. The topological polar surface area (TPSA) is 115 Å². The van der Waals surface area contributed by atoms with Crippen molar-refractivity contribution in [2.45, 2.75) is 26.0 Å². The van der Waals surface area contributed by atoms with E-state index in [-0.39, 0.29) is 18.1 Å². The van der Waals surface area contributed by atoms with Gasteiger partial charge in [0.05, 0.1) is 36.0 Å². The fraction of sp³-hybridized carbons (Fsp3) is 0.357. The molecule has 1 unspecified atom stereocenters. The number of halogens is 1. The first-order valence-corrected chi connectivity index (χ1v) is 13.1. The quantitative estimate of drug-likeness (QED) is 0.254. The average Bonchev–Trinajstić information content (AvgIpc) is 3.35. The zero-order chi connectivity index (χ0) is 26.6. The molecule has 2 atom stereocenters. The Kier molecular flexibility index (Phi) is 7.99. The summed E-state index contributed by atoms with van der Waals surface area (Å²) in [6.07, 6.45) is 0.758. The molecule has 4 N–H and O–H groups in total. The smallest absolute Gasteiger partial charge is 0.261 e. The van der Waals surface area contributed by atoms with Gasteiger partial charge in [-0.15, -0.1) is 0 Å². The zero-order valence-electron chi connectivity index (χ0n) is 21.5. The van der Waals surface area contributed by atoms with Crippen LogP contribution >= 0.6 is 11.6 Å². The first-order chi connectivity index (χ1) is 18.4. The van der Waals surface area contributed by atoms with Crippen molar-refractivity contribution in [3.63, 3.8) is 0 Å². The van der Waals surface area contributed by atoms with Gasteiger partial charge >= 0.3 is 0 Å². The highest BCUT2D eigenvalue weighted by molar-refractivity contribution is 6.30. The maximum atomic E-state index is 12.9. The second kappa shape index (κ2) is 11.6. The van der Waals surface area contributed by atoms with Crippen LogP contribution in [-0.4, -0.2) is 70.5 Å². The van der Waals surface area contributed by atoms with E-state index in [0.717, 1.165) is 48.6 Å². The summed E-state index contributed by atoms with van der Waals surface area (Å²) in [5.41, 5.74) is 3.80. The molecule has 0 amide bonds. The first-order valence-electron chi connectivity index (χ1n) is 12.7. The van der Waals surface area contributed by atoms with E-state index in [0.29, 0.717) is 34.3 Å². The average molecular weight is 538 g/mol. The number of nitrogens with one attached hydrogen (secondary N) is 3. The van der Waals surface area contributed by atoms with Crippen LogP contribution in [0, 0.1) is 6.92 Å². The van der Waals surface area contributed by atoms with Gasteiger partial charge in [0.1, 0.15) is 23.7 Å². The summed E-state index contributed by atoms with van der Waals surface area (Å²) < 4.78 is 11.6. The van der Waals surface area contributed by atoms with E-state index < -0.39 is 6.10 Å². The van der Waals surface area contributed by atoms with Gasteiger partial charge in [-0.05, 0) is 49.2 Å². The third-order valence-electron chi connectivity index (χ3n) is 6.83. The van der Waals surface area contributed by atoms with Gasteiger partial charge in [0.15, 0.2) is 0 Å². The Morgan fingerprint density at radius 1 is 1.24 bits per heavy atom. The molecule has 0 bridgehead atoms. The van der Waals surface area contributed by atoms with E-state index in [4.69, 9.17) is 26.1 Å². The third-order valence-corrected chi connectivity index (χ3v) is 7.06. The number of nitrogens with zero attached hydrogens (tertiary/aromatic N) is 2. The molecule has 1 aliphatic rings. The number of aromatic amines is 2. The van der Waals surface area contributed by atoms with Gasteiger partial charge in [0.2, 0.25) is 0 Å². The van der Waals surface area contributed by atoms with Gasteiger partial charge in [0.25, 0.3) is 5.56 Å². The summed E-state index contributed by atoms with van der Waals surface area (Å²) in [5.74, 6) is 1.18. The van der Waals surface area contributed by atoms with E-state index in [1.54, 1.807) is 36.5 Å². The van der Waals surface area contributed by atoms with Gasteiger partial charge < -0.3 is 29.9 Å². The number of hydrogen-bond donors (Lipinski definition) is 4. The van der Waals surface area contributed by atoms with E-state index >= 15 is 0 Å². The van der Waals surface area contributed by atoms with Crippen molar-refractivity contribution < 1.29 is 14.6 Å². The normalized spacial score (nSPS) is 15.9. The molecule has 3 heterocycles. The number of ether oxygens (including phenoxy) is 2. The molecule has 0 spiro atoms. The number of aryl methyl sites for hydroxylation is 1. The SMILES string of the molecule is Cc1cc(OCC(C)N2CCOCC2)cc2[nH]c(-c3c(NC[C@@H](O)c4cccc(Cl)c4)cc[nH]c3=O)nc12. The molecule has 0 aliphatic carbocycles. The van der Waals surface area contributed by atoms with Crippen LogP contribution in [0.3, 0.4) is 0 Å². The molecule has 38 heavy (non-hydrogen) atoms. The second-order valence-electron chi connectivity index (χ2n) is 9.58. The number of aromatic nitrogens is 3. The molecule has 2 aromatic heterocycles. The number of rotatable bonds is 9. The van der Waals surface area contributed by atoms with Gasteiger partial charge in [0, 0.05) is 43.0 Å². The fourth-order valence-electron chi connectivity index (χ4n) is 4.70. The highest BCUT2D eigenvalue weighted by Gasteiger charge is 2.19. The Morgan fingerprint density at radius 3 is 2.84 bits per heavy atom. The summed E-state index contributed by atoms with van der Waals surface area (Å²) in [6, 6.07) is 13.0. The summed E-state index contributed by atoms with van der Waals surface area (Å²) in [5, 5.41) is 14.4. The molecule has 200 valence electrons. The lowest BCUT2D eigenvalue weighted by molar-refractivity contribution is 0.0105. The van der Waals surface area contributed by atoms with E-state index in [1.807, 2.05) is 19.1 Å². The van der Waals surface area contributed by atoms with Crippen LogP contribution in [0.1, 0.15) is 24.2 Å². The van der Waals surface area contributed by atoms with Gasteiger partial charge in [-0.2, -0.15) is 0 Å². The lowest BCUT2D eigenvalue weighted by Gasteiger charge is -2.32. The van der Waals surface area contributed by atoms with Crippen LogP contribution in [-0.2, 0) is 4.74 Å². The van der Waals surface area contributed by atoms with Crippen molar-refractivity contribution in [1.29, 1.82) is 0 Å². The molecule has 4 aromatic rings. The molecule has 1 fully saturated rings. The number of aliphatic hydroxyl groups excluding tert-OH is 1. The van der Waals surface area contributed by atoms with Crippen LogP contribution in [0.5, 0.6) is 5.75 Å². The Bertz CT molecular complexity index is 1460. The van der Waals surface area contributed by atoms with Crippen molar-refractivity contribution in [2.24, 2.45) is 0 Å². The Hall–Kier alpha value is -3.37. The van der Waals surface area contributed by atoms with Crippen LogP contribution < -0.4 is 15.6 Å². The number of morpholine rings is 1. The lowest BCUT2D eigenvalue weighted by Crippen LogP contribution is -2.44. The second-order valence-corrected chi connectivity index (χ2v) is 10.0. The highest BCUT2D eigenvalue weighted by Crippen LogP contribution is 2.29. The number of fused-ring (bicyclic) bond motifs is 1. The molecule has 10 heteroatoms. The van der Waals surface area contributed by atoms with Crippen molar-refractivity contribution >= 4 is 28.3 Å². The maximum Gasteiger partial charge on any atom is 0.261 e. The summed E-state index contributed by atoms with van der Waals surface area (Å²) in [4.78, 5) is 26.0. The number of benzene rings is 2. The fourth-order valence-corrected chi connectivity index (χ4v) is 4.90. The summed E-state index contributed by atoms with van der Waals surface area (Å²) in [7, 11) is 0. The molecule has 1 saturated heterocycles. The molecule has 5 rings (SSSR count). The van der Waals surface area contributed by atoms with Crippen LogP contribution in [0.25, 0.3) is 22.4 Å². The minimum absolute atomic E-state index is 0.190. The van der Waals surface area contributed by atoms with Gasteiger partial charge in [-0.25, -0.2) is 4.98 Å². The lowest BCUT2D eigenvalue weighted by atomic mass is 10.1. The Morgan fingerprint density at radius 2 is 2.05 bits per heavy atom. The van der Waals surface area contributed by atoms with Crippen LogP contribution in [0.2, 0.25) is 5.02 Å². The van der Waals surface area contributed by atoms with Gasteiger partial charge in [-0.3, -0.25) is 9.69 Å². The maximum absolute atomic E-state index is 12.9. The number of aliphatic hydroxyl groups is 1. The Balaban J connectivity index is 1.35.